The van der Waals surface area contributed by atoms with Gasteiger partial charge in [-0.3, -0.25) is 4.79 Å². The van der Waals surface area contributed by atoms with Crippen LogP contribution in [0.3, 0.4) is 0 Å². The lowest BCUT2D eigenvalue weighted by Gasteiger charge is -2.26. The molecule has 0 radical (unpaired) electrons. The second-order valence-corrected chi connectivity index (χ2v) is 10.6. The van der Waals surface area contributed by atoms with Gasteiger partial charge in [0.2, 0.25) is 15.9 Å². The third-order valence-corrected chi connectivity index (χ3v) is 8.41. The van der Waals surface area contributed by atoms with Gasteiger partial charge in [0, 0.05) is 38.7 Å². The first kappa shape index (κ1) is 22.1. The molecular weight excluding hydrogens is 440 g/mol. The van der Waals surface area contributed by atoms with Crippen LogP contribution >= 0.6 is 0 Å². The van der Waals surface area contributed by atoms with E-state index in [1.807, 2.05) is 17.7 Å². The number of morpholine rings is 1. The van der Waals surface area contributed by atoms with Crippen molar-refractivity contribution in [2.45, 2.75) is 37.0 Å². The second-order valence-electron chi connectivity index (χ2n) is 8.64. The van der Waals surface area contributed by atoms with Gasteiger partial charge in [0.25, 0.3) is 0 Å². The van der Waals surface area contributed by atoms with Crippen LogP contribution < -0.4 is 5.32 Å². The third kappa shape index (κ3) is 4.40. The van der Waals surface area contributed by atoms with Gasteiger partial charge in [-0.25, -0.2) is 13.4 Å². The summed E-state index contributed by atoms with van der Waals surface area (Å²) in [7, 11) is -1.69. The molecule has 33 heavy (non-hydrogen) atoms. The molecule has 1 saturated heterocycles. The Morgan fingerprint density at radius 2 is 1.88 bits per heavy atom. The summed E-state index contributed by atoms with van der Waals surface area (Å²) in [4.78, 5) is 17.4. The monoisotopic (exact) mass is 468 g/mol. The average Bonchev–Trinajstić information content (AvgIpc) is 3.42. The lowest BCUT2D eigenvalue weighted by atomic mass is 10.1. The molecule has 0 unspecified atom stereocenters. The molecule has 1 fully saturated rings. The zero-order valence-corrected chi connectivity index (χ0v) is 19.5. The van der Waals surface area contributed by atoms with Gasteiger partial charge in [-0.1, -0.05) is 6.07 Å². The smallest absolute Gasteiger partial charge is 0.243 e. The molecule has 9 heteroatoms. The van der Waals surface area contributed by atoms with E-state index in [0.717, 1.165) is 29.9 Å². The number of aryl methyl sites for hydroxylation is 4. The Bertz CT molecular complexity index is 1310. The van der Waals surface area contributed by atoms with Crippen molar-refractivity contribution in [2.24, 2.45) is 7.05 Å². The van der Waals surface area contributed by atoms with E-state index in [4.69, 9.17) is 4.74 Å². The van der Waals surface area contributed by atoms with Crippen molar-refractivity contribution in [1.29, 1.82) is 0 Å². The first-order valence-electron chi connectivity index (χ1n) is 11.4. The van der Waals surface area contributed by atoms with Crippen molar-refractivity contribution in [1.82, 2.24) is 13.9 Å². The van der Waals surface area contributed by atoms with E-state index in [-0.39, 0.29) is 10.8 Å². The van der Waals surface area contributed by atoms with E-state index in [0.29, 0.717) is 44.7 Å². The molecule has 1 aromatic heterocycles. The summed E-state index contributed by atoms with van der Waals surface area (Å²) in [6.07, 6.45) is 4.13. The van der Waals surface area contributed by atoms with Crippen LogP contribution in [0.4, 0.5) is 5.69 Å². The number of imidazole rings is 1. The number of anilines is 1. The van der Waals surface area contributed by atoms with Crippen LogP contribution in [0.2, 0.25) is 0 Å². The highest BCUT2D eigenvalue weighted by Crippen LogP contribution is 2.26. The third-order valence-electron chi connectivity index (χ3n) is 6.51. The molecular formula is C24H28N4O4S. The van der Waals surface area contributed by atoms with Crippen LogP contribution in [-0.2, 0) is 45.9 Å². The van der Waals surface area contributed by atoms with Crippen molar-refractivity contribution in [2.75, 3.05) is 31.6 Å². The summed E-state index contributed by atoms with van der Waals surface area (Å²) in [5.41, 5.74) is 4.99. The lowest BCUT2D eigenvalue weighted by molar-refractivity contribution is -0.116. The maximum absolute atomic E-state index is 13.0. The lowest BCUT2D eigenvalue weighted by Crippen LogP contribution is -2.40. The van der Waals surface area contributed by atoms with Crippen molar-refractivity contribution in [3.8, 4) is 0 Å². The van der Waals surface area contributed by atoms with Crippen LogP contribution in [0.15, 0.2) is 41.3 Å². The summed E-state index contributed by atoms with van der Waals surface area (Å²) in [6.45, 7) is 1.52. The Balaban J connectivity index is 1.28. The fraction of sp³-hybridized carbons (Fsp3) is 0.417. The summed E-state index contributed by atoms with van der Waals surface area (Å²) < 4.78 is 34.6. The van der Waals surface area contributed by atoms with Gasteiger partial charge >= 0.3 is 0 Å². The summed E-state index contributed by atoms with van der Waals surface area (Å²) in [5, 5.41) is 2.99. The zero-order chi connectivity index (χ0) is 23.0. The van der Waals surface area contributed by atoms with Crippen LogP contribution in [0.25, 0.3) is 11.0 Å². The van der Waals surface area contributed by atoms with Crippen molar-refractivity contribution < 1.29 is 17.9 Å². The number of fused-ring (bicyclic) bond motifs is 2. The van der Waals surface area contributed by atoms with Crippen molar-refractivity contribution in [3.63, 3.8) is 0 Å². The number of hydrogen-bond donors (Lipinski definition) is 1. The minimum absolute atomic E-state index is 0.0596. The Morgan fingerprint density at radius 3 is 2.70 bits per heavy atom. The van der Waals surface area contributed by atoms with E-state index in [2.05, 4.69) is 22.4 Å². The fourth-order valence-corrected chi connectivity index (χ4v) is 6.08. The number of carbonyl (C=O) groups is 1. The molecule has 8 nitrogen and oxygen atoms in total. The predicted octanol–water partition coefficient (Wildman–Crippen LogP) is 2.65. The van der Waals surface area contributed by atoms with E-state index >= 15 is 0 Å². The average molecular weight is 469 g/mol. The summed E-state index contributed by atoms with van der Waals surface area (Å²) in [5.74, 6) is 0.686. The first-order chi connectivity index (χ1) is 15.9. The fourth-order valence-electron chi connectivity index (χ4n) is 4.65. The molecule has 174 valence electrons. The Labute approximate surface area is 193 Å². The molecule has 0 saturated carbocycles. The number of rotatable bonds is 6. The van der Waals surface area contributed by atoms with Crippen molar-refractivity contribution >= 4 is 32.7 Å². The van der Waals surface area contributed by atoms with Gasteiger partial charge in [0.15, 0.2) is 0 Å². The highest BCUT2D eigenvalue weighted by atomic mass is 32.2. The molecule has 0 bridgehead atoms. The quantitative estimate of drug-likeness (QED) is 0.600. The summed E-state index contributed by atoms with van der Waals surface area (Å²) >= 11 is 0. The normalized spacial score (nSPS) is 16.8. The minimum Gasteiger partial charge on any atom is -0.379 e. The number of aromatic nitrogens is 2. The molecule has 3 aromatic rings. The number of nitrogens with one attached hydrogen (secondary N) is 1. The van der Waals surface area contributed by atoms with Crippen LogP contribution in [0.5, 0.6) is 0 Å². The van der Waals surface area contributed by atoms with Gasteiger partial charge in [-0.05, 0) is 60.7 Å². The largest absolute Gasteiger partial charge is 0.379 e. The van der Waals surface area contributed by atoms with Gasteiger partial charge in [-0.15, -0.1) is 0 Å². The van der Waals surface area contributed by atoms with Gasteiger partial charge < -0.3 is 14.6 Å². The number of amides is 1. The molecule has 1 amide bonds. The Hall–Kier alpha value is -2.75. The molecule has 1 aliphatic carbocycles. The van der Waals surface area contributed by atoms with Gasteiger partial charge in [0.05, 0.1) is 29.1 Å². The maximum Gasteiger partial charge on any atom is 0.243 e. The van der Waals surface area contributed by atoms with E-state index < -0.39 is 10.0 Å². The first-order valence-corrected chi connectivity index (χ1v) is 12.8. The zero-order valence-electron chi connectivity index (χ0n) is 18.7. The topological polar surface area (TPSA) is 93.5 Å². The number of nitrogens with zero attached hydrogens (tertiary/aromatic N) is 3. The van der Waals surface area contributed by atoms with E-state index in [1.54, 1.807) is 18.2 Å². The molecule has 1 N–H and O–H groups in total. The van der Waals surface area contributed by atoms with Crippen LogP contribution in [-0.4, -0.2) is 54.5 Å². The van der Waals surface area contributed by atoms with Crippen LogP contribution in [0.1, 0.15) is 29.8 Å². The molecule has 0 spiro atoms. The molecule has 2 heterocycles. The van der Waals surface area contributed by atoms with Crippen LogP contribution in [0, 0.1) is 0 Å². The van der Waals surface area contributed by atoms with Gasteiger partial charge in [-0.2, -0.15) is 4.31 Å². The molecule has 0 atom stereocenters. The minimum atomic E-state index is -3.58. The Kier molecular flexibility index (Phi) is 5.94. The summed E-state index contributed by atoms with van der Waals surface area (Å²) in [6, 6.07) is 11.2. The Morgan fingerprint density at radius 1 is 1.09 bits per heavy atom. The molecule has 1 aliphatic heterocycles. The molecule has 2 aromatic carbocycles. The van der Waals surface area contributed by atoms with Gasteiger partial charge in [0.1, 0.15) is 5.82 Å². The number of ether oxygens (including phenoxy) is 1. The number of benzene rings is 2. The highest BCUT2D eigenvalue weighted by Gasteiger charge is 2.27. The number of hydrogen-bond acceptors (Lipinski definition) is 5. The van der Waals surface area contributed by atoms with E-state index in [9.17, 15) is 13.2 Å². The van der Waals surface area contributed by atoms with E-state index in [1.165, 1.54) is 21.9 Å². The predicted molar refractivity (Wildman–Crippen MR) is 126 cm³/mol. The van der Waals surface area contributed by atoms with Crippen molar-refractivity contribution in [3.05, 3.63) is 53.3 Å². The number of sulfonamides is 1. The second kappa shape index (κ2) is 8.89. The maximum atomic E-state index is 13.0. The molecule has 2 aliphatic rings. The highest BCUT2D eigenvalue weighted by molar-refractivity contribution is 7.89. The SMILES string of the molecule is Cn1c(CCC(=O)Nc2ccc3c(c2)CCC3)nc2cc(S(=O)(=O)N3CCOCC3)ccc21. The number of carbonyl (C=O) groups excluding carboxylic acids is 1. The standard InChI is InChI=1S/C24H28N4O4S/c1-27-22-8-7-20(33(30,31)28-11-13-32-14-12-28)16-21(22)26-23(27)9-10-24(29)25-19-6-5-17-3-2-4-18(17)15-19/h5-8,15-16H,2-4,9-14H2,1H3,(H,25,29). The molecule has 5 rings (SSSR count).